The summed E-state index contributed by atoms with van der Waals surface area (Å²) < 4.78 is 5.05. The molecule has 2 aliphatic rings. The molecule has 0 amide bonds. The SMILES string of the molecule is CCOC(=O)[C@H]1CS[C@@H](C2CCCCC2)N1. The van der Waals surface area contributed by atoms with Gasteiger partial charge in [-0.1, -0.05) is 19.3 Å². The van der Waals surface area contributed by atoms with Gasteiger partial charge in [0, 0.05) is 5.75 Å². The summed E-state index contributed by atoms with van der Waals surface area (Å²) in [7, 11) is 0. The second-order valence-electron chi connectivity index (χ2n) is 4.62. The third kappa shape index (κ3) is 2.92. The van der Waals surface area contributed by atoms with Crippen LogP contribution in [0.15, 0.2) is 0 Å². The molecule has 0 spiro atoms. The van der Waals surface area contributed by atoms with Crippen molar-refractivity contribution >= 4 is 17.7 Å². The smallest absolute Gasteiger partial charge is 0.324 e. The van der Waals surface area contributed by atoms with Gasteiger partial charge in [-0.05, 0) is 25.7 Å². The molecule has 16 heavy (non-hydrogen) atoms. The predicted octanol–water partition coefficient (Wildman–Crippen LogP) is 2.16. The first kappa shape index (κ1) is 12.2. The van der Waals surface area contributed by atoms with Crippen LogP contribution in [0.2, 0.25) is 0 Å². The average Bonchev–Trinajstić information content (AvgIpc) is 2.80. The van der Waals surface area contributed by atoms with Crippen molar-refractivity contribution in [3.8, 4) is 0 Å². The molecule has 3 nitrogen and oxygen atoms in total. The number of thioether (sulfide) groups is 1. The van der Waals surface area contributed by atoms with E-state index in [2.05, 4.69) is 5.32 Å². The highest BCUT2D eigenvalue weighted by molar-refractivity contribution is 8.00. The topological polar surface area (TPSA) is 38.3 Å². The number of hydrogen-bond acceptors (Lipinski definition) is 4. The van der Waals surface area contributed by atoms with E-state index < -0.39 is 0 Å². The lowest BCUT2D eigenvalue weighted by Gasteiger charge is -2.27. The van der Waals surface area contributed by atoms with E-state index in [0.29, 0.717) is 12.0 Å². The van der Waals surface area contributed by atoms with E-state index in [0.717, 1.165) is 11.7 Å². The third-order valence-electron chi connectivity index (χ3n) is 3.46. The number of carbonyl (C=O) groups excluding carboxylic acids is 1. The van der Waals surface area contributed by atoms with Gasteiger partial charge in [0.15, 0.2) is 0 Å². The summed E-state index contributed by atoms with van der Waals surface area (Å²) in [6.07, 6.45) is 6.73. The van der Waals surface area contributed by atoms with Crippen molar-refractivity contribution in [3.05, 3.63) is 0 Å². The van der Waals surface area contributed by atoms with Crippen LogP contribution in [0, 0.1) is 5.92 Å². The number of nitrogens with one attached hydrogen (secondary N) is 1. The molecule has 0 unspecified atom stereocenters. The lowest BCUT2D eigenvalue weighted by molar-refractivity contribution is -0.144. The third-order valence-corrected chi connectivity index (χ3v) is 4.86. The van der Waals surface area contributed by atoms with E-state index in [9.17, 15) is 4.79 Å². The van der Waals surface area contributed by atoms with Crippen LogP contribution in [0.4, 0.5) is 0 Å². The standard InChI is InChI=1S/C12H21NO2S/c1-2-15-12(14)10-8-16-11(13-10)9-6-4-3-5-7-9/h9-11,13H,2-8H2,1H3/t10-,11+/m1/s1. The van der Waals surface area contributed by atoms with Crippen LogP contribution < -0.4 is 5.32 Å². The van der Waals surface area contributed by atoms with Crippen molar-refractivity contribution < 1.29 is 9.53 Å². The molecule has 2 atom stereocenters. The summed E-state index contributed by atoms with van der Waals surface area (Å²) in [6.45, 7) is 2.34. The molecule has 2 fully saturated rings. The van der Waals surface area contributed by atoms with Gasteiger partial charge in [-0.25, -0.2) is 0 Å². The lowest BCUT2D eigenvalue weighted by Crippen LogP contribution is -2.41. The summed E-state index contributed by atoms with van der Waals surface area (Å²) in [6, 6.07) is -0.0723. The maximum atomic E-state index is 11.6. The van der Waals surface area contributed by atoms with Crippen molar-refractivity contribution in [2.75, 3.05) is 12.4 Å². The zero-order chi connectivity index (χ0) is 11.4. The summed E-state index contributed by atoms with van der Waals surface area (Å²) in [4.78, 5) is 11.6. The molecule has 1 saturated carbocycles. The minimum absolute atomic E-state index is 0.0723. The number of carbonyl (C=O) groups is 1. The van der Waals surface area contributed by atoms with Crippen LogP contribution >= 0.6 is 11.8 Å². The van der Waals surface area contributed by atoms with Crippen molar-refractivity contribution in [3.63, 3.8) is 0 Å². The van der Waals surface area contributed by atoms with Crippen LogP contribution in [0.3, 0.4) is 0 Å². The van der Waals surface area contributed by atoms with Gasteiger partial charge in [0.2, 0.25) is 0 Å². The molecule has 1 heterocycles. The molecule has 0 aromatic rings. The average molecular weight is 243 g/mol. The second-order valence-corrected chi connectivity index (χ2v) is 5.80. The Kier molecular flexibility index (Phi) is 4.53. The maximum absolute atomic E-state index is 11.6. The normalized spacial score (nSPS) is 31.6. The number of hydrogen-bond donors (Lipinski definition) is 1. The highest BCUT2D eigenvalue weighted by Crippen LogP contribution is 2.34. The minimum Gasteiger partial charge on any atom is -0.465 e. The van der Waals surface area contributed by atoms with E-state index in [1.54, 1.807) is 0 Å². The quantitative estimate of drug-likeness (QED) is 0.771. The minimum atomic E-state index is -0.0756. The summed E-state index contributed by atoms with van der Waals surface area (Å²) in [5, 5.41) is 3.91. The summed E-state index contributed by atoms with van der Waals surface area (Å²) in [5.41, 5.74) is 0. The van der Waals surface area contributed by atoms with E-state index in [1.165, 1.54) is 32.1 Å². The molecule has 2 rings (SSSR count). The molecule has 92 valence electrons. The molecule has 0 bridgehead atoms. The van der Waals surface area contributed by atoms with Gasteiger partial charge in [-0.15, -0.1) is 11.8 Å². The first-order valence-corrected chi connectivity index (χ1v) is 7.40. The number of rotatable bonds is 3. The molecule has 1 N–H and O–H groups in total. The van der Waals surface area contributed by atoms with Crippen LogP contribution in [0.1, 0.15) is 39.0 Å². The fourth-order valence-corrected chi connectivity index (χ4v) is 4.02. The van der Waals surface area contributed by atoms with Gasteiger partial charge < -0.3 is 4.74 Å². The predicted molar refractivity (Wildman–Crippen MR) is 66.4 cm³/mol. The molecule has 0 aromatic carbocycles. The van der Waals surface area contributed by atoms with Crippen LogP contribution in [-0.4, -0.2) is 29.7 Å². The van der Waals surface area contributed by atoms with Crippen LogP contribution in [0.5, 0.6) is 0 Å². The monoisotopic (exact) mass is 243 g/mol. The fourth-order valence-electron chi connectivity index (χ4n) is 2.58. The van der Waals surface area contributed by atoms with Gasteiger partial charge in [0.05, 0.1) is 12.0 Å². The first-order chi connectivity index (χ1) is 7.81. The van der Waals surface area contributed by atoms with Gasteiger partial charge in [-0.2, -0.15) is 0 Å². The Morgan fingerprint density at radius 2 is 2.12 bits per heavy atom. The Balaban J connectivity index is 1.80. The van der Waals surface area contributed by atoms with Crippen molar-refractivity contribution in [2.24, 2.45) is 5.92 Å². The molecule has 1 aliphatic carbocycles. The Bertz CT molecular complexity index is 241. The highest BCUT2D eigenvalue weighted by Gasteiger charge is 2.35. The second kappa shape index (κ2) is 5.92. The van der Waals surface area contributed by atoms with Crippen LogP contribution in [-0.2, 0) is 9.53 Å². The van der Waals surface area contributed by atoms with Gasteiger partial charge in [0.25, 0.3) is 0 Å². The summed E-state index contributed by atoms with van der Waals surface area (Å²) >= 11 is 1.90. The van der Waals surface area contributed by atoms with Gasteiger partial charge >= 0.3 is 5.97 Å². The first-order valence-electron chi connectivity index (χ1n) is 6.35. The Morgan fingerprint density at radius 1 is 1.38 bits per heavy atom. The Morgan fingerprint density at radius 3 is 2.81 bits per heavy atom. The molecular weight excluding hydrogens is 222 g/mol. The van der Waals surface area contributed by atoms with E-state index >= 15 is 0 Å². The number of ether oxygens (including phenoxy) is 1. The molecule has 1 saturated heterocycles. The molecule has 1 aliphatic heterocycles. The maximum Gasteiger partial charge on any atom is 0.324 e. The Labute approximate surface area is 102 Å². The van der Waals surface area contributed by atoms with Crippen LogP contribution in [0.25, 0.3) is 0 Å². The zero-order valence-corrected chi connectivity index (χ0v) is 10.7. The van der Waals surface area contributed by atoms with E-state index in [4.69, 9.17) is 4.74 Å². The molecular formula is C12H21NO2S. The largest absolute Gasteiger partial charge is 0.465 e. The van der Waals surface area contributed by atoms with Crippen molar-refractivity contribution in [2.45, 2.75) is 50.4 Å². The van der Waals surface area contributed by atoms with Gasteiger partial charge in [-0.3, -0.25) is 10.1 Å². The molecule has 4 heteroatoms. The van der Waals surface area contributed by atoms with E-state index in [1.807, 2.05) is 18.7 Å². The molecule has 0 aromatic heterocycles. The lowest BCUT2D eigenvalue weighted by atomic mass is 9.89. The van der Waals surface area contributed by atoms with Gasteiger partial charge in [0.1, 0.15) is 6.04 Å². The number of esters is 1. The fraction of sp³-hybridized carbons (Fsp3) is 0.917. The summed E-state index contributed by atoms with van der Waals surface area (Å²) in [5.74, 6) is 1.56. The highest BCUT2D eigenvalue weighted by atomic mass is 32.2. The van der Waals surface area contributed by atoms with Crippen molar-refractivity contribution in [1.82, 2.24) is 5.32 Å². The molecule has 0 radical (unpaired) electrons. The zero-order valence-electron chi connectivity index (χ0n) is 9.91. The van der Waals surface area contributed by atoms with E-state index in [-0.39, 0.29) is 12.0 Å². The Hall–Kier alpha value is -0.220. The van der Waals surface area contributed by atoms with Crippen molar-refractivity contribution in [1.29, 1.82) is 0 Å².